The summed E-state index contributed by atoms with van der Waals surface area (Å²) < 4.78 is 0. The molecule has 104 valence electrons. The van der Waals surface area contributed by atoms with Gasteiger partial charge in [0.25, 0.3) is 0 Å². The second-order valence-electron chi connectivity index (χ2n) is 5.58. The molecule has 0 saturated carbocycles. The summed E-state index contributed by atoms with van der Waals surface area (Å²) in [6, 6.07) is 8.63. The van der Waals surface area contributed by atoms with E-state index in [0.29, 0.717) is 5.92 Å². The average molecular weight is 260 g/mol. The van der Waals surface area contributed by atoms with E-state index in [-0.39, 0.29) is 12.6 Å². The molecule has 0 aliphatic heterocycles. The minimum absolute atomic E-state index is 0.224. The van der Waals surface area contributed by atoms with Crippen LogP contribution in [0.2, 0.25) is 0 Å². The number of H-pyrrole nitrogens is 1. The Labute approximate surface area is 115 Å². The Morgan fingerprint density at radius 3 is 2.68 bits per heavy atom. The maximum atomic E-state index is 9.45. The summed E-state index contributed by atoms with van der Waals surface area (Å²) in [5, 5.41) is 10.8. The van der Waals surface area contributed by atoms with Crippen molar-refractivity contribution in [2.45, 2.75) is 26.3 Å². The zero-order valence-corrected chi connectivity index (χ0v) is 12.1. The molecule has 0 spiro atoms. The fraction of sp³-hybridized carbons (Fsp3) is 0.500. The molecule has 1 atom stereocenters. The van der Waals surface area contributed by atoms with Gasteiger partial charge in [-0.15, -0.1) is 0 Å². The van der Waals surface area contributed by atoms with E-state index in [1.807, 2.05) is 0 Å². The van der Waals surface area contributed by atoms with Gasteiger partial charge in [-0.1, -0.05) is 32.0 Å². The number of benzene rings is 1. The summed E-state index contributed by atoms with van der Waals surface area (Å²) in [5.41, 5.74) is 2.55. The molecule has 2 aromatic rings. The number of aromatic nitrogens is 1. The van der Waals surface area contributed by atoms with Crippen molar-refractivity contribution in [2.24, 2.45) is 5.92 Å². The van der Waals surface area contributed by atoms with E-state index in [1.54, 1.807) is 0 Å². The second kappa shape index (κ2) is 6.22. The third-order valence-corrected chi connectivity index (χ3v) is 3.93. The van der Waals surface area contributed by atoms with Crippen LogP contribution in [-0.4, -0.2) is 41.2 Å². The molecule has 0 saturated heterocycles. The lowest BCUT2D eigenvalue weighted by molar-refractivity contribution is 0.114. The Kier molecular flexibility index (Phi) is 4.61. The van der Waals surface area contributed by atoms with Gasteiger partial charge in [0.2, 0.25) is 0 Å². The van der Waals surface area contributed by atoms with E-state index in [0.717, 1.165) is 13.0 Å². The van der Waals surface area contributed by atoms with Crippen LogP contribution in [0.5, 0.6) is 0 Å². The number of nitrogens with zero attached hydrogens (tertiary/aromatic N) is 1. The Balaban J connectivity index is 2.02. The van der Waals surface area contributed by atoms with E-state index in [9.17, 15) is 5.11 Å². The molecule has 2 N–H and O–H groups in total. The zero-order valence-electron chi connectivity index (χ0n) is 12.1. The predicted octanol–water partition coefficient (Wildman–Crippen LogP) is 2.66. The monoisotopic (exact) mass is 260 g/mol. The number of aliphatic hydroxyl groups is 1. The summed E-state index contributed by atoms with van der Waals surface area (Å²) in [4.78, 5) is 5.57. The highest BCUT2D eigenvalue weighted by Crippen LogP contribution is 2.19. The Bertz CT molecular complexity index is 518. The maximum absolute atomic E-state index is 9.45. The first-order valence-corrected chi connectivity index (χ1v) is 6.99. The largest absolute Gasteiger partial charge is 0.395 e. The van der Waals surface area contributed by atoms with E-state index in [1.165, 1.54) is 16.5 Å². The minimum Gasteiger partial charge on any atom is -0.395 e. The van der Waals surface area contributed by atoms with Gasteiger partial charge in [-0.3, -0.25) is 0 Å². The number of fused-ring (bicyclic) bond motifs is 1. The molecule has 2 rings (SSSR count). The molecule has 0 bridgehead atoms. The normalized spacial score (nSPS) is 13.6. The van der Waals surface area contributed by atoms with Crippen LogP contribution in [0.1, 0.15) is 19.4 Å². The molecule has 19 heavy (non-hydrogen) atoms. The third kappa shape index (κ3) is 3.17. The lowest BCUT2D eigenvalue weighted by atomic mass is 10.0. The lowest BCUT2D eigenvalue weighted by Crippen LogP contribution is -2.39. The van der Waals surface area contributed by atoms with Crippen molar-refractivity contribution < 1.29 is 5.11 Å². The topological polar surface area (TPSA) is 39.3 Å². The number of hydrogen-bond acceptors (Lipinski definition) is 2. The molecular formula is C16H24N2O. The van der Waals surface area contributed by atoms with E-state index in [2.05, 4.69) is 61.2 Å². The van der Waals surface area contributed by atoms with Crippen molar-refractivity contribution in [2.75, 3.05) is 20.2 Å². The van der Waals surface area contributed by atoms with Gasteiger partial charge in [-0.25, -0.2) is 0 Å². The average Bonchev–Trinajstić information content (AvgIpc) is 2.80. The first kappa shape index (κ1) is 14.1. The van der Waals surface area contributed by atoms with E-state index < -0.39 is 0 Å². The number of para-hydroxylation sites is 1. The smallest absolute Gasteiger partial charge is 0.0589 e. The van der Waals surface area contributed by atoms with Gasteiger partial charge in [0, 0.05) is 29.7 Å². The SMILES string of the molecule is CC(C)C(CO)N(C)CCc1c[nH]c2ccccc12. The van der Waals surface area contributed by atoms with Gasteiger partial charge in [-0.05, 0) is 31.0 Å². The number of nitrogens with one attached hydrogen (secondary N) is 1. The fourth-order valence-electron chi connectivity index (χ4n) is 2.66. The molecular weight excluding hydrogens is 236 g/mol. The number of hydrogen-bond donors (Lipinski definition) is 2. The van der Waals surface area contributed by atoms with Crippen LogP contribution in [0.4, 0.5) is 0 Å². The minimum atomic E-state index is 0.224. The molecule has 0 radical (unpaired) electrons. The van der Waals surface area contributed by atoms with Crippen LogP contribution in [0.3, 0.4) is 0 Å². The van der Waals surface area contributed by atoms with Crippen molar-refractivity contribution in [3.05, 3.63) is 36.0 Å². The standard InChI is InChI=1S/C16H24N2O/c1-12(2)16(11-19)18(3)9-8-13-10-17-15-7-5-4-6-14(13)15/h4-7,10,12,16-17,19H,8-9,11H2,1-3H3. The van der Waals surface area contributed by atoms with Gasteiger partial charge in [0.15, 0.2) is 0 Å². The molecule has 0 aliphatic rings. The molecule has 3 heteroatoms. The molecule has 0 fully saturated rings. The summed E-state index contributed by atoms with van der Waals surface area (Å²) in [6.07, 6.45) is 3.10. The van der Waals surface area contributed by atoms with E-state index in [4.69, 9.17) is 0 Å². The highest BCUT2D eigenvalue weighted by Gasteiger charge is 2.17. The molecule has 1 unspecified atom stereocenters. The number of aliphatic hydroxyl groups excluding tert-OH is 1. The van der Waals surface area contributed by atoms with Crippen molar-refractivity contribution in [1.82, 2.24) is 9.88 Å². The summed E-state index contributed by atoms with van der Waals surface area (Å²) in [7, 11) is 2.09. The van der Waals surface area contributed by atoms with Gasteiger partial charge >= 0.3 is 0 Å². The molecule has 1 aromatic carbocycles. The highest BCUT2D eigenvalue weighted by molar-refractivity contribution is 5.83. The zero-order chi connectivity index (χ0) is 13.8. The van der Waals surface area contributed by atoms with Crippen LogP contribution in [0, 0.1) is 5.92 Å². The van der Waals surface area contributed by atoms with Crippen molar-refractivity contribution >= 4 is 10.9 Å². The van der Waals surface area contributed by atoms with Crippen LogP contribution in [-0.2, 0) is 6.42 Å². The van der Waals surface area contributed by atoms with Crippen molar-refractivity contribution in [3.63, 3.8) is 0 Å². The van der Waals surface area contributed by atoms with Crippen molar-refractivity contribution in [1.29, 1.82) is 0 Å². The quantitative estimate of drug-likeness (QED) is 0.838. The number of aromatic amines is 1. The lowest BCUT2D eigenvalue weighted by Gasteiger charge is -2.29. The molecule has 1 aromatic heterocycles. The van der Waals surface area contributed by atoms with Crippen LogP contribution < -0.4 is 0 Å². The van der Waals surface area contributed by atoms with E-state index >= 15 is 0 Å². The first-order chi connectivity index (χ1) is 9.13. The maximum Gasteiger partial charge on any atom is 0.0589 e. The summed E-state index contributed by atoms with van der Waals surface area (Å²) >= 11 is 0. The Morgan fingerprint density at radius 1 is 1.26 bits per heavy atom. The van der Waals surface area contributed by atoms with Crippen molar-refractivity contribution in [3.8, 4) is 0 Å². The first-order valence-electron chi connectivity index (χ1n) is 6.99. The molecule has 0 amide bonds. The molecule has 0 aliphatic carbocycles. The fourth-order valence-corrected chi connectivity index (χ4v) is 2.66. The molecule has 3 nitrogen and oxygen atoms in total. The third-order valence-electron chi connectivity index (χ3n) is 3.93. The van der Waals surface area contributed by atoms with Gasteiger partial charge in [0.05, 0.1) is 6.61 Å². The Morgan fingerprint density at radius 2 is 2.00 bits per heavy atom. The Hall–Kier alpha value is -1.32. The van der Waals surface area contributed by atoms with Crippen LogP contribution in [0.25, 0.3) is 10.9 Å². The van der Waals surface area contributed by atoms with Gasteiger partial charge in [-0.2, -0.15) is 0 Å². The predicted molar refractivity (Wildman–Crippen MR) is 80.3 cm³/mol. The number of rotatable bonds is 6. The second-order valence-corrected chi connectivity index (χ2v) is 5.58. The number of likely N-dealkylation sites (N-methyl/N-ethyl adjacent to an activating group) is 1. The van der Waals surface area contributed by atoms with Crippen LogP contribution in [0.15, 0.2) is 30.5 Å². The van der Waals surface area contributed by atoms with Gasteiger partial charge in [0.1, 0.15) is 0 Å². The summed E-state index contributed by atoms with van der Waals surface area (Å²) in [5.74, 6) is 0.470. The summed E-state index contributed by atoms with van der Waals surface area (Å²) in [6.45, 7) is 5.50. The highest BCUT2D eigenvalue weighted by atomic mass is 16.3. The van der Waals surface area contributed by atoms with Gasteiger partial charge < -0.3 is 15.0 Å². The molecule has 1 heterocycles. The van der Waals surface area contributed by atoms with Crippen LogP contribution >= 0.6 is 0 Å².